The van der Waals surface area contributed by atoms with Crippen LogP contribution < -0.4 is 0 Å². The van der Waals surface area contributed by atoms with Crippen molar-refractivity contribution in [2.24, 2.45) is 5.92 Å². The zero-order chi connectivity index (χ0) is 15.2. The van der Waals surface area contributed by atoms with Crippen LogP contribution in [0.3, 0.4) is 0 Å². The van der Waals surface area contributed by atoms with E-state index < -0.39 is 5.97 Å². The minimum absolute atomic E-state index is 0.369. The highest BCUT2D eigenvalue weighted by Crippen LogP contribution is 2.25. The van der Waals surface area contributed by atoms with E-state index in [4.69, 9.17) is 5.11 Å². The number of benzene rings is 1. The molecule has 0 radical (unpaired) electrons. The molecule has 1 aliphatic rings. The van der Waals surface area contributed by atoms with E-state index >= 15 is 0 Å². The largest absolute Gasteiger partial charge is 0.478 e. The predicted molar refractivity (Wildman–Crippen MR) is 85.5 cm³/mol. The summed E-state index contributed by atoms with van der Waals surface area (Å²) in [5.41, 5.74) is 1.59. The smallest absolute Gasteiger partial charge is 0.335 e. The van der Waals surface area contributed by atoms with Gasteiger partial charge >= 0.3 is 5.97 Å². The Hall–Kier alpha value is -1.35. The summed E-state index contributed by atoms with van der Waals surface area (Å²) in [6.07, 6.45) is 6.54. The lowest BCUT2D eigenvalue weighted by molar-refractivity contribution is 0.0697. The second-order valence-electron chi connectivity index (χ2n) is 6.59. The first-order chi connectivity index (χ1) is 10.1. The third-order valence-electron chi connectivity index (χ3n) is 4.42. The standard InChI is InChI=1S/C18H27NO2/c1-14(2)11-12-19(17-5-3-4-6-17)13-15-7-9-16(10-8-15)18(20)21/h7-10,14,17H,3-6,11-13H2,1-2H3,(H,20,21). The first-order valence-electron chi connectivity index (χ1n) is 8.12. The summed E-state index contributed by atoms with van der Waals surface area (Å²) < 4.78 is 0. The maximum Gasteiger partial charge on any atom is 0.335 e. The van der Waals surface area contributed by atoms with E-state index in [0.717, 1.165) is 19.0 Å². The van der Waals surface area contributed by atoms with Gasteiger partial charge in [-0.05, 0) is 49.4 Å². The van der Waals surface area contributed by atoms with Crippen LogP contribution in [0, 0.1) is 5.92 Å². The number of carboxylic acids is 1. The van der Waals surface area contributed by atoms with Crippen molar-refractivity contribution < 1.29 is 9.90 Å². The van der Waals surface area contributed by atoms with E-state index in [1.165, 1.54) is 37.7 Å². The SMILES string of the molecule is CC(C)CCN(Cc1ccc(C(=O)O)cc1)C1CCCC1. The highest BCUT2D eigenvalue weighted by atomic mass is 16.4. The van der Waals surface area contributed by atoms with Gasteiger partial charge in [-0.2, -0.15) is 0 Å². The Kier molecular flexibility index (Phi) is 5.80. The molecule has 0 bridgehead atoms. The molecule has 0 atom stereocenters. The van der Waals surface area contributed by atoms with Gasteiger partial charge in [0.15, 0.2) is 0 Å². The molecular formula is C18H27NO2. The molecule has 21 heavy (non-hydrogen) atoms. The van der Waals surface area contributed by atoms with Crippen LogP contribution in [-0.4, -0.2) is 28.6 Å². The van der Waals surface area contributed by atoms with Gasteiger partial charge in [-0.1, -0.05) is 38.8 Å². The van der Waals surface area contributed by atoms with Crippen LogP contribution in [0.2, 0.25) is 0 Å². The second-order valence-corrected chi connectivity index (χ2v) is 6.59. The summed E-state index contributed by atoms with van der Waals surface area (Å²) in [7, 11) is 0. The van der Waals surface area contributed by atoms with Crippen molar-refractivity contribution in [3.63, 3.8) is 0 Å². The normalized spacial score (nSPS) is 16.0. The summed E-state index contributed by atoms with van der Waals surface area (Å²) in [6.45, 7) is 6.63. The minimum Gasteiger partial charge on any atom is -0.478 e. The molecule has 0 amide bonds. The van der Waals surface area contributed by atoms with Crippen LogP contribution in [0.25, 0.3) is 0 Å². The number of rotatable bonds is 7. The fourth-order valence-corrected chi connectivity index (χ4v) is 3.07. The van der Waals surface area contributed by atoms with Crippen molar-refractivity contribution >= 4 is 5.97 Å². The molecule has 1 aliphatic carbocycles. The average Bonchev–Trinajstić information content (AvgIpc) is 2.97. The third-order valence-corrected chi connectivity index (χ3v) is 4.42. The zero-order valence-electron chi connectivity index (χ0n) is 13.2. The molecule has 0 spiro atoms. The Morgan fingerprint density at radius 3 is 2.38 bits per heavy atom. The van der Waals surface area contributed by atoms with Gasteiger partial charge in [-0.3, -0.25) is 4.90 Å². The molecule has 3 heteroatoms. The lowest BCUT2D eigenvalue weighted by Crippen LogP contribution is -2.34. The number of carboxylic acid groups (broad SMARTS) is 1. The molecular weight excluding hydrogens is 262 g/mol. The van der Waals surface area contributed by atoms with Gasteiger partial charge in [-0.25, -0.2) is 4.79 Å². The van der Waals surface area contributed by atoms with Crippen molar-refractivity contribution in [3.05, 3.63) is 35.4 Å². The predicted octanol–water partition coefficient (Wildman–Crippen LogP) is 4.18. The Morgan fingerprint density at radius 2 is 1.86 bits per heavy atom. The van der Waals surface area contributed by atoms with E-state index in [1.807, 2.05) is 12.1 Å². The van der Waals surface area contributed by atoms with Gasteiger partial charge in [0, 0.05) is 12.6 Å². The number of aromatic carboxylic acids is 1. The maximum absolute atomic E-state index is 10.9. The van der Waals surface area contributed by atoms with Crippen molar-refractivity contribution in [2.75, 3.05) is 6.54 Å². The van der Waals surface area contributed by atoms with Gasteiger partial charge in [0.25, 0.3) is 0 Å². The summed E-state index contributed by atoms with van der Waals surface area (Å²) >= 11 is 0. The summed E-state index contributed by atoms with van der Waals surface area (Å²) in [6, 6.07) is 8.06. The lowest BCUT2D eigenvalue weighted by atomic mass is 10.1. The van der Waals surface area contributed by atoms with Crippen molar-refractivity contribution in [1.82, 2.24) is 4.90 Å². The molecule has 1 N–H and O–H groups in total. The quantitative estimate of drug-likeness (QED) is 0.818. The average molecular weight is 289 g/mol. The number of nitrogens with zero attached hydrogens (tertiary/aromatic N) is 1. The van der Waals surface area contributed by atoms with Gasteiger partial charge in [0.1, 0.15) is 0 Å². The van der Waals surface area contributed by atoms with Crippen molar-refractivity contribution in [2.45, 2.75) is 58.5 Å². The highest BCUT2D eigenvalue weighted by molar-refractivity contribution is 5.87. The van der Waals surface area contributed by atoms with Crippen LogP contribution in [0.15, 0.2) is 24.3 Å². The summed E-state index contributed by atoms with van der Waals surface area (Å²) in [5, 5.41) is 8.97. The molecule has 1 saturated carbocycles. The van der Waals surface area contributed by atoms with Gasteiger partial charge in [-0.15, -0.1) is 0 Å². The van der Waals surface area contributed by atoms with Crippen LogP contribution >= 0.6 is 0 Å². The Bertz CT molecular complexity index is 447. The van der Waals surface area contributed by atoms with Gasteiger partial charge < -0.3 is 5.11 Å². The van der Waals surface area contributed by atoms with Crippen molar-refractivity contribution in [1.29, 1.82) is 0 Å². The van der Waals surface area contributed by atoms with Crippen LogP contribution in [0.5, 0.6) is 0 Å². The molecule has 116 valence electrons. The first-order valence-corrected chi connectivity index (χ1v) is 8.12. The molecule has 1 fully saturated rings. The van der Waals surface area contributed by atoms with E-state index in [-0.39, 0.29) is 0 Å². The topological polar surface area (TPSA) is 40.5 Å². The fraction of sp³-hybridized carbons (Fsp3) is 0.611. The maximum atomic E-state index is 10.9. The third kappa shape index (κ3) is 4.85. The van der Waals surface area contributed by atoms with Crippen molar-refractivity contribution in [3.8, 4) is 0 Å². The van der Waals surface area contributed by atoms with E-state index in [9.17, 15) is 4.79 Å². The van der Waals surface area contributed by atoms with E-state index in [0.29, 0.717) is 11.6 Å². The molecule has 0 heterocycles. The molecule has 1 aromatic rings. The molecule has 0 saturated heterocycles. The van der Waals surface area contributed by atoms with Crippen LogP contribution in [0.1, 0.15) is 61.9 Å². The number of hydrogen-bond acceptors (Lipinski definition) is 2. The van der Waals surface area contributed by atoms with Crippen LogP contribution in [-0.2, 0) is 6.54 Å². The summed E-state index contributed by atoms with van der Waals surface area (Å²) in [4.78, 5) is 13.5. The number of hydrogen-bond donors (Lipinski definition) is 1. The number of carbonyl (C=O) groups is 1. The molecule has 1 aromatic carbocycles. The lowest BCUT2D eigenvalue weighted by Gasteiger charge is -2.29. The Balaban J connectivity index is 2.00. The highest BCUT2D eigenvalue weighted by Gasteiger charge is 2.22. The monoisotopic (exact) mass is 289 g/mol. The van der Waals surface area contributed by atoms with Crippen LogP contribution in [0.4, 0.5) is 0 Å². The fourth-order valence-electron chi connectivity index (χ4n) is 3.07. The van der Waals surface area contributed by atoms with E-state index in [1.54, 1.807) is 12.1 Å². The Morgan fingerprint density at radius 1 is 1.24 bits per heavy atom. The first kappa shape index (κ1) is 16.0. The minimum atomic E-state index is -0.853. The molecule has 0 unspecified atom stereocenters. The molecule has 2 rings (SSSR count). The Labute approximate surface area is 128 Å². The molecule has 0 aromatic heterocycles. The van der Waals surface area contributed by atoms with E-state index in [2.05, 4.69) is 18.7 Å². The molecule has 0 aliphatic heterocycles. The van der Waals surface area contributed by atoms with Gasteiger partial charge in [0.05, 0.1) is 5.56 Å². The molecule has 3 nitrogen and oxygen atoms in total. The zero-order valence-corrected chi connectivity index (χ0v) is 13.2. The summed E-state index contributed by atoms with van der Waals surface area (Å²) in [5.74, 6) is -0.128. The second kappa shape index (κ2) is 7.60. The van der Waals surface area contributed by atoms with Gasteiger partial charge in [0.2, 0.25) is 0 Å².